The quantitative estimate of drug-likeness (QED) is 0.612. The van der Waals surface area contributed by atoms with Gasteiger partial charge in [-0.25, -0.2) is 13.2 Å². The fourth-order valence-corrected chi connectivity index (χ4v) is 1.85. The highest BCUT2D eigenvalue weighted by Gasteiger charge is 2.21. The Labute approximate surface area is 111 Å². The molecule has 1 aromatic carbocycles. The molecule has 0 saturated carbocycles. The van der Waals surface area contributed by atoms with Crippen LogP contribution in [0.5, 0.6) is 0 Å². The molecule has 0 aromatic heterocycles. The molecule has 0 aliphatic rings. The van der Waals surface area contributed by atoms with E-state index in [1.165, 1.54) is 0 Å². The van der Waals surface area contributed by atoms with Gasteiger partial charge in [0.2, 0.25) is 0 Å². The van der Waals surface area contributed by atoms with E-state index < -0.39 is 23.5 Å². The fraction of sp³-hybridized carbons (Fsp3) is 0.538. The summed E-state index contributed by atoms with van der Waals surface area (Å²) in [7, 11) is 1.73. The van der Waals surface area contributed by atoms with Crippen LogP contribution in [0, 0.1) is 17.5 Å². The zero-order valence-corrected chi connectivity index (χ0v) is 11.1. The lowest BCUT2D eigenvalue weighted by Crippen LogP contribution is -2.33. The average Bonchev–Trinajstić information content (AvgIpc) is 2.36. The SMILES string of the molecule is CCOCCN(C)C(CN)c1cc(F)c(F)cc1F. The summed E-state index contributed by atoms with van der Waals surface area (Å²) >= 11 is 0. The third-order valence-corrected chi connectivity index (χ3v) is 2.95. The van der Waals surface area contributed by atoms with E-state index in [0.29, 0.717) is 25.8 Å². The molecule has 0 aliphatic heterocycles. The topological polar surface area (TPSA) is 38.5 Å². The van der Waals surface area contributed by atoms with Crippen LogP contribution in [0.3, 0.4) is 0 Å². The molecule has 108 valence electrons. The molecule has 0 aliphatic carbocycles. The van der Waals surface area contributed by atoms with E-state index in [1.807, 2.05) is 6.92 Å². The first-order valence-electron chi connectivity index (χ1n) is 6.13. The Hall–Kier alpha value is -1.11. The lowest BCUT2D eigenvalue weighted by atomic mass is 10.0. The number of benzene rings is 1. The van der Waals surface area contributed by atoms with E-state index in [-0.39, 0.29) is 12.1 Å². The fourth-order valence-electron chi connectivity index (χ4n) is 1.85. The highest BCUT2D eigenvalue weighted by atomic mass is 19.2. The Bertz CT molecular complexity index is 415. The zero-order chi connectivity index (χ0) is 14.4. The van der Waals surface area contributed by atoms with Crippen molar-refractivity contribution < 1.29 is 17.9 Å². The number of halogens is 3. The van der Waals surface area contributed by atoms with Gasteiger partial charge in [-0.05, 0) is 20.0 Å². The van der Waals surface area contributed by atoms with Crippen molar-refractivity contribution in [2.75, 3.05) is 33.4 Å². The first-order valence-corrected chi connectivity index (χ1v) is 6.13. The predicted octanol–water partition coefficient (Wildman–Crippen LogP) is 2.07. The van der Waals surface area contributed by atoms with Crippen molar-refractivity contribution in [3.63, 3.8) is 0 Å². The van der Waals surface area contributed by atoms with Gasteiger partial charge in [0, 0.05) is 37.4 Å². The molecule has 0 spiro atoms. The lowest BCUT2D eigenvalue weighted by Gasteiger charge is -2.27. The van der Waals surface area contributed by atoms with Crippen LogP contribution >= 0.6 is 0 Å². The normalized spacial score (nSPS) is 13.0. The minimum absolute atomic E-state index is 0.0559. The first-order chi connectivity index (χ1) is 9.01. The molecule has 0 fully saturated rings. The number of rotatable bonds is 7. The van der Waals surface area contributed by atoms with Gasteiger partial charge in [0.25, 0.3) is 0 Å². The highest BCUT2D eigenvalue weighted by molar-refractivity contribution is 5.23. The van der Waals surface area contributed by atoms with Crippen LogP contribution in [0.1, 0.15) is 18.5 Å². The Morgan fingerprint density at radius 3 is 2.42 bits per heavy atom. The summed E-state index contributed by atoms with van der Waals surface area (Å²) in [6, 6.07) is 0.888. The number of hydrogen-bond acceptors (Lipinski definition) is 3. The van der Waals surface area contributed by atoms with Crippen molar-refractivity contribution >= 4 is 0 Å². The first kappa shape index (κ1) is 15.9. The van der Waals surface area contributed by atoms with Gasteiger partial charge in [0.15, 0.2) is 11.6 Å². The third-order valence-electron chi connectivity index (χ3n) is 2.95. The summed E-state index contributed by atoms with van der Waals surface area (Å²) in [5, 5.41) is 0. The summed E-state index contributed by atoms with van der Waals surface area (Å²) in [5.41, 5.74) is 5.66. The van der Waals surface area contributed by atoms with Crippen molar-refractivity contribution in [3.05, 3.63) is 35.1 Å². The number of ether oxygens (including phenoxy) is 1. The second-order valence-electron chi connectivity index (χ2n) is 4.22. The van der Waals surface area contributed by atoms with Gasteiger partial charge >= 0.3 is 0 Å². The molecule has 1 aromatic rings. The zero-order valence-electron chi connectivity index (χ0n) is 11.1. The molecule has 1 atom stereocenters. The van der Waals surface area contributed by atoms with Crippen LogP contribution in [0.4, 0.5) is 13.2 Å². The number of nitrogens with two attached hydrogens (primary N) is 1. The van der Waals surface area contributed by atoms with Gasteiger partial charge in [-0.15, -0.1) is 0 Å². The van der Waals surface area contributed by atoms with Gasteiger partial charge in [0.05, 0.1) is 6.61 Å². The van der Waals surface area contributed by atoms with Crippen LogP contribution < -0.4 is 5.73 Å². The largest absolute Gasteiger partial charge is 0.380 e. The van der Waals surface area contributed by atoms with Crippen molar-refractivity contribution in [2.45, 2.75) is 13.0 Å². The van der Waals surface area contributed by atoms with Crippen molar-refractivity contribution in [3.8, 4) is 0 Å². The molecule has 19 heavy (non-hydrogen) atoms. The van der Waals surface area contributed by atoms with Crippen LogP contribution in [-0.2, 0) is 4.74 Å². The van der Waals surface area contributed by atoms with Gasteiger partial charge in [-0.3, -0.25) is 4.90 Å². The molecule has 0 saturated heterocycles. The standard InChI is InChI=1S/C13H19F3N2O/c1-3-19-5-4-18(2)13(8-17)9-6-11(15)12(16)7-10(9)14/h6-7,13H,3-5,8,17H2,1-2H3. The Morgan fingerprint density at radius 1 is 1.21 bits per heavy atom. The van der Waals surface area contributed by atoms with Gasteiger partial charge in [0.1, 0.15) is 5.82 Å². The van der Waals surface area contributed by atoms with Crippen LogP contribution in [0.15, 0.2) is 12.1 Å². The highest BCUT2D eigenvalue weighted by Crippen LogP contribution is 2.23. The minimum Gasteiger partial charge on any atom is -0.380 e. The summed E-state index contributed by atoms with van der Waals surface area (Å²) in [6.45, 7) is 3.55. The minimum atomic E-state index is -1.20. The second-order valence-corrected chi connectivity index (χ2v) is 4.22. The summed E-state index contributed by atoms with van der Waals surface area (Å²) in [4.78, 5) is 1.76. The summed E-state index contributed by atoms with van der Waals surface area (Å²) < 4.78 is 45.0. The number of likely N-dealkylation sites (N-methyl/N-ethyl adjacent to an activating group) is 1. The molecular formula is C13H19F3N2O. The molecule has 3 nitrogen and oxygen atoms in total. The molecule has 1 rings (SSSR count). The van der Waals surface area contributed by atoms with E-state index in [9.17, 15) is 13.2 Å². The van der Waals surface area contributed by atoms with E-state index in [0.717, 1.165) is 6.07 Å². The van der Waals surface area contributed by atoms with Gasteiger partial charge < -0.3 is 10.5 Å². The number of nitrogens with zero attached hydrogens (tertiary/aromatic N) is 1. The molecule has 0 radical (unpaired) electrons. The Balaban J connectivity index is 2.87. The Morgan fingerprint density at radius 2 is 1.84 bits per heavy atom. The average molecular weight is 276 g/mol. The molecular weight excluding hydrogens is 257 g/mol. The predicted molar refractivity (Wildman–Crippen MR) is 67.2 cm³/mol. The van der Waals surface area contributed by atoms with E-state index >= 15 is 0 Å². The summed E-state index contributed by atoms with van der Waals surface area (Å²) in [6.07, 6.45) is 0. The molecule has 6 heteroatoms. The molecule has 0 heterocycles. The van der Waals surface area contributed by atoms with E-state index in [2.05, 4.69) is 0 Å². The molecule has 0 bridgehead atoms. The molecule has 1 unspecified atom stereocenters. The van der Waals surface area contributed by atoms with Gasteiger partial charge in [-0.1, -0.05) is 0 Å². The van der Waals surface area contributed by atoms with Crippen molar-refractivity contribution in [1.82, 2.24) is 4.90 Å². The van der Waals surface area contributed by atoms with Crippen molar-refractivity contribution in [2.24, 2.45) is 5.73 Å². The maximum absolute atomic E-state index is 13.7. The second kappa shape index (κ2) is 7.47. The van der Waals surface area contributed by atoms with Crippen LogP contribution in [0.25, 0.3) is 0 Å². The summed E-state index contributed by atoms with van der Waals surface area (Å²) in [5.74, 6) is -3.07. The number of hydrogen-bond donors (Lipinski definition) is 1. The third kappa shape index (κ3) is 4.19. The lowest BCUT2D eigenvalue weighted by molar-refractivity contribution is 0.107. The maximum atomic E-state index is 13.7. The van der Waals surface area contributed by atoms with Crippen LogP contribution in [0.2, 0.25) is 0 Å². The van der Waals surface area contributed by atoms with E-state index in [4.69, 9.17) is 10.5 Å². The smallest absolute Gasteiger partial charge is 0.161 e. The molecule has 0 amide bonds. The van der Waals surface area contributed by atoms with E-state index in [1.54, 1.807) is 11.9 Å². The van der Waals surface area contributed by atoms with Crippen molar-refractivity contribution in [1.29, 1.82) is 0 Å². The monoisotopic (exact) mass is 276 g/mol. The molecule has 2 N–H and O–H groups in total. The Kier molecular flexibility index (Phi) is 6.27. The van der Waals surface area contributed by atoms with Gasteiger partial charge in [-0.2, -0.15) is 0 Å². The maximum Gasteiger partial charge on any atom is 0.161 e. The van der Waals surface area contributed by atoms with Crippen LogP contribution in [-0.4, -0.2) is 38.3 Å².